The van der Waals surface area contributed by atoms with Gasteiger partial charge in [-0.2, -0.15) is 0 Å². The molecule has 3 heteroatoms. The van der Waals surface area contributed by atoms with E-state index in [0.717, 1.165) is 19.6 Å². The minimum absolute atomic E-state index is 0.0430. The van der Waals surface area contributed by atoms with E-state index in [1.165, 1.54) is 19.3 Å². The average molecular weight is 201 g/mol. The van der Waals surface area contributed by atoms with E-state index in [1.807, 2.05) is 6.92 Å². The van der Waals surface area contributed by atoms with Crippen molar-refractivity contribution in [1.29, 1.82) is 0 Å². The third-order valence-corrected chi connectivity index (χ3v) is 2.94. The Balaban J connectivity index is 2.02. The number of rotatable bonds is 5. The van der Waals surface area contributed by atoms with Gasteiger partial charge in [0.1, 0.15) is 0 Å². The molecule has 0 aromatic heterocycles. The van der Waals surface area contributed by atoms with Crippen molar-refractivity contribution in [2.24, 2.45) is 0 Å². The van der Waals surface area contributed by atoms with Gasteiger partial charge in [-0.1, -0.05) is 6.42 Å². The van der Waals surface area contributed by atoms with Crippen LogP contribution >= 0.6 is 0 Å². The van der Waals surface area contributed by atoms with Crippen LogP contribution < -0.4 is 5.32 Å². The van der Waals surface area contributed by atoms with Crippen molar-refractivity contribution in [3.63, 3.8) is 0 Å². The summed E-state index contributed by atoms with van der Waals surface area (Å²) in [5.41, 5.74) is 0. The zero-order valence-electron chi connectivity index (χ0n) is 9.33. The maximum absolute atomic E-state index is 9.22. The maximum Gasteiger partial charge on any atom is 0.0803 e. The minimum atomic E-state index is -0.366. The summed E-state index contributed by atoms with van der Waals surface area (Å²) in [4.78, 5) is 0. The molecule has 0 aromatic rings. The molecule has 1 heterocycles. The molecule has 0 saturated carbocycles. The molecule has 3 atom stereocenters. The fraction of sp³-hybridized carbons (Fsp3) is 1.00. The second kappa shape index (κ2) is 6.38. The lowest BCUT2D eigenvalue weighted by molar-refractivity contribution is -0.0216. The highest BCUT2D eigenvalue weighted by molar-refractivity contribution is 4.71. The molecule has 1 aliphatic heterocycles. The topological polar surface area (TPSA) is 41.5 Å². The predicted molar refractivity (Wildman–Crippen MR) is 57.4 cm³/mol. The molecular formula is C11H23NO2. The van der Waals surface area contributed by atoms with Gasteiger partial charge in [-0.15, -0.1) is 0 Å². The van der Waals surface area contributed by atoms with Crippen molar-refractivity contribution >= 4 is 0 Å². The molecule has 1 aliphatic rings. The van der Waals surface area contributed by atoms with E-state index in [2.05, 4.69) is 5.32 Å². The minimum Gasteiger partial charge on any atom is -0.391 e. The van der Waals surface area contributed by atoms with Crippen LogP contribution in [0.2, 0.25) is 0 Å². The van der Waals surface area contributed by atoms with E-state index in [1.54, 1.807) is 6.92 Å². The van der Waals surface area contributed by atoms with Gasteiger partial charge in [0.15, 0.2) is 0 Å². The SMILES string of the molecule is CC(O)C(C)OCCC1CCCCN1. The van der Waals surface area contributed by atoms with Gasteiger partial charge < -0.3 is 15.2 Å². The lowest BCUT2D eigenvalue weighted by atomic mass is 10.0. The zero-order valence-corrected chi connectivity index (χ0v) is 9.33. The summed E-state index contributed by atoms with van der Waals surface area (Å²) in [6.07, 6.45) is 4.57. The smallest absolute Gasteiger partial charge is 0.0803 e. The summed E-state index contributed by atoms with van der Waals surface area (Å²) in [6.45, 7) is 5.59. The van der Waals surface area contributed by atoms with E-state index < -0.39 is 0 Å². The van der Waals surface area contributed by atoms with Crippen molar-refractivity contribution in [1.82, 2.24) is 5.32 Å². The van der Waals surface area contributed by atoms with Crippen molar-refractivity contribution in [3.05, 3.63) is 0 Å². The van der Waals surface area contributed by atoms with Crippen LogP contribution in [0, 0.1) is 0 Å². The molecule has 1 saturated heterocycles. The molecule has 1 fully saturated rings. The number of aliphatic hydroxyl groups excluding tert-OH is 1. The van der Waals surface area contributed by atoms with Crippen molar-refractivity contribution in [2.45, 2.75) is 57.8 Å². The first-order chi connectivity index (χ1) is 6.70. The monoisotopic (exact) mass is 201 g/mol. The molecular weight excluding hydrogens is 178 g/mol. The Kier molecular flexibility index (Phi) is 5.45. The molecule has 0 spiro atoms. The summed E-state index contributed by atoms with van der Waals surface area (Å²) in [7, 11) is 0. The highest BCUT2D eigenvalue weighted by atomic mass is 16.5. The quantitative estimate of drug-likeness (QED) is 0.704. The van der Waals surface area contributed by atoms with Gasteiger partial charge in [0, 0.05) is 12.6 Å². The number of ether oxygens (including phenoxy) is 1. The fourth-order valence-electron chi connectivity index (χ4n) is 1.71. The van der Waals surface area contributed by atoms with Gasteiger partial charge in [-0.25, -0.2) is 0 Å². The van der Waals surface area contributed by atoms with Crippen molar-refractivity contribution < 1.29 is 9.84 Å². The first kappa shape index (κ1) is 12.0. The Bertz CT molecular complexity index is 144. The molecule has 2 N–H and O–H groups in total. The van der Waals surface area contributed by atoms with Crippen LogP contribution in [-0.2, 0) is 4.74 Å². The van der Waals surface area contributed by atoms with Crippen molar-refractivity contribution in [2.75, 3.05) is 13.2 Å². The van der Waals surface area contributed by atoms with Gasteiger partial charge in [0.05, 0.1) is 12.2 Å². The third-order valence-electron chi connectivity index (χ3n) is 2.94. The van der Waals surface area contributed by atoms with Gasteiger partial charge in [-0.05, 0) is 39.7 Å². The van der Waals surface area contributed by atoms with E-state index in [-0.39, 0.29) is 12.2 Å². The Hall–Kier alpha value is -0.120. The summed E-state index contributed by atoms with van der Waals surface area (Å²) in [6, 6.07) is 0.630. The molecule has 3 unspecified atom stereocenters. The maximum atomic E-state index is 9.22. The lowest BCUT2D eigenvalue weighted by Gasteiger charge is -2.24. The number of hydrogen-bond donors (Lipinski definition) is 2. The van der Waals surface area contributed by atoms with E-state index in [4.69, 9.17) is 4.74 Å². The highest BCUT2D eigenvalue weighted by Crippen LogP contribution is 2.10. The van der Waals surface area contributed by atoms with Gasteiger partial charge in [-0.3, -0.25) is 0 Å². The largest absolute Gasteiger partial charge is 0.391 e. The van der Waals surface area contributed by atoms with Crippen LogP contribution in [0.1, 0.15) is 39.5 Å². The fourth-order valence-corrected chi connectivity index (χ4v) is 1.71. The number of aliphatic hydroxyl groups is 1. The molecule has 0 radical (unpaired) electrons. The van der Waals surface area contributed by atoms with Crippen LogP contribution in [0.4, 0.5) is 0 Å². The Morgan fingerprint density at radius 2 is 2.21 bits per heavy atom. The molecule has 0 aliphatic carbocycles. The molecule has 3 nitrogen and oxygen atoms in total. The number of piperidine rings is 1. The first-order valence-electron chi connectivity index (χ1n) is 5.73. The molecule has 1 rings (SSSR count). The number of nitrogens with one attached hydrogen (secondary N) is 1. The summed E-state index contributed by atoms with van der Waals surface area (Å²) in [5, 5.41) is 12.7. The Morgan fingerprint density at radius 3 is 2.79 bits per heavy atom. The Labute approximate surface area is 86.8 Å². The van der Waals surface area contributed by atoms with Crippen molar-refractivity contribution in [3.8, 4) is 0 Å². The van der Waals surface area contributed by atoms with Gasteiger partial charge in [0.2, 0.25) is 0 Å². The van der Waals surface area contributed by atoms with Crippen LogP contribution in [0.5, 0.6) is 0 Å². The van der Waals surface area contributed by atoms with Crippen LogP contribution in [0.3, 0.4) is 0 Å². The predicted octanol–water partition coefficient (Wildman–Crippen LogP) is 1.30. The normalized spacial score (nSPS) is 27.2. The van der Waals surface area contributed by atoms with Gasteiger partial charge >= 0.3 is 0 Å². The Morgan fingerprint density at radius 1 is 1.43 bits per heavy atom. The van der Waals surface area contributed by atoms with Crippen LogP contribution in [0.15, 0.2) is 0 Å². The van der Waals surface area contributed by atoms with Crippen LogP contribution in [0.25, 0.3) is 0 Å². The number of hydrogen-bond acceptors (Lipinski definition) is 3. The second-order valence-electron chi connectivity index (χ2n) is 4.25. The molecule has 0 bridgehead atoms. The van der Waals surface area contributed by atoms with Gasteiger partial charge in [0.25, 0.3) is 0 Å². The summed E-state index contributed by atoms with van der Waals surface area (Å²) >= 11 is 0. The lowest BCUT2D eigenvalue weighted by Crippen LogP contribution is -2.35. The first-order valence-corrected chi connectivity index (χ1v) is 5.73. The molecule has 14 heavy (non-hydrogen) atoms. The van der Waals surface area contributed by atoms with E-state index in [0.29, 0.717) is 6.04 Å². The van der Waals surface area contributed by atoms with Crippen LogP contribution in [-0.4, -0.2) is 36.5 Å². The molecule has 0 amide bonds. The second-order valence-corrected chi connectivity index (χ2v) is 4.25. The van der Waals surface area contributed by atoms with E-state index >= 15 is 0 Å². The zero-order chi connectivity index (χ0) is 10.4. The standard InChI is InChI=1S/C11H23NO2/c1-9(13)10(2)14-8-6-11-5-3-4-7-12-11/h9-13H,3-8H2,1-2H3. The highest BCUT2D eigenvalue weighted by Gasteiger charge is 2.13. The third kappa shape index (κ3) is 4.40. The molecule has 84 valence electrons. The summed E-state index contributed by atoms with van der Waals surface area (Å²) < 4.78 is 5.52. The summed E-state index contributed by atoms with van der Waals surface area (Å²) in [5.74, 6) is 0. The molecule has 0 aromatic carbocycles. The average Bonchev–Trinajstić information content (AvgIpc) is 2.19. The van der Waals surface area contributed by atoms with E-state index in [9.17, 15) is 5.11 Å².